The number of carbonyl (C=O) groups excluding carboxylic acids is 6. The minimum atomic E-state index is -2.98. The molecule has 18 heteroatoms. The number of rotatable bonds is 17. The molecular weight excluding hydrogens is 1020 g/mol. The van der Waals surface area contributed by atoms with Gasteiger partial charge in [0.15, 0.2) is 40.2 Å². The van der Waals surface area contributed by atoms with Crippen molar-refractivity contribution in [1.29, 1.82) is 0 Å². The SMILES string of the molecule is CC[Si](CC)(CC)O[C@H]1C[C@H]2OC[C@@]2(OC(C)=O)[C@H]2[C@H](OC(=O)c3ccccc3F)[C@]3(O)C[C@H](OC(=O)[C@H](O[Si](C)(C)C(C)(C)C)[C@@H](NC(=O)c4ccccc4)c4ccccc4)C(C)=C([C@@H](OC(C)=O)C(=O)[C@]12C)C3(C)C. The van der Waals surface area contributed by atoms with Crippen LogP contribution in [0, 0.1) is 22.6 Å². The van der Waals surface area contributed by atoms with Gasteiger partial charge in [-0.1, -0.05) is 116 Å². The number of Topliss-reactive ketones (excluding diaryl/α,β-unsaturated/α-hetero) is 1. The van der Waals surface area contributed by atoms with Gasteiger partial charge in [-0.05, 0) is 91.1 Å². The lowest BCUT2D eigenvalue weighted by atomic mass is 9.44. The molecule has 15 nitrogen and oxygen atoms in total. The van der Waals surface area contributed by atoms with Crippen LogP contribution < -0.4 is 5.32 Å². The second kappa shape index (κ2) is 22.0. The van der Waals surface area contributed by atoms with Crippen molar-refractivity contribution in [2.45, 2.75) is 186 Å². The molecule has 418 valence electrons. The zero-order chi connectivity index (χ0) is 56.8. The van der Waals surface area contributed by atoms with E-state index in [4.69, 9.17) is 32.5 Å². The Labute approximate surface area is 454 Å². The number of aliphatic hydroxyl groups is 1. The standard InChI is InChI=1S/C59H78FNO14Si2/c1-15-77(16-2,17-3)74-43-32-44-58(34-69-44,73-37(6)63)49-51(72-53(66)40-30-24-25-31-41(40)60)59(68)33-42(35(4)45(56(59,10)11)47(70-36(5)62)50(64)57(43,49)12)71-54(67)48(75-76(13,14)55(7,8)9)46(38-26-20-18-21-27-38)61-52(65)39-28-22-19-23-29-39/h18-31,42-44,46-49,51,68H,15-17,32-34H2,1-14H3,(H,61,65)/t42-,43-,44+,46-,47+,48+,49-,51-,57+,58-,59+/m0/s1. The molecule has 0 radical (unpaired) electrons. The van der Waals surface area contributed by atoms with Gasteiger partial charge < -0.3 is 43.0 Å². The zero-order valence-corrected chi connectivity index (χ0v) is 49.1. The van der Waals surface area contributed by atoms with Gasteiger partial charge >= 0.3 is 23.9 Å². The van der Waals surface area contributed by atoms with Crippen LogP contribution in [0.4, 0.5) is 4.39 Å². The summed E-state index contributed by atoms with van der Waals surface area (Å²) in [6.45, 7) is 24.5. The third kappa shape index (κ3) is 10.7. The Kier molecular flexibility index (Phi) is 17.0. The summed E-state index contributed by atoms with van der Waals surface area (Å²) in [6.07, 6.45) is -9.22. The third-order valence-corrected chi connectivity index (χ3v) is 27.2. The van der Waals surface area contributed by atoms with Crippen LogP contribution in [0.2, 0.25) is 36.3 Å². The van der Waals surface area contributed by atoms with Crippen molar-refractivity contribution in [3.8, 4) is 0 Å². The van der Waals surface area contributed by atoms with Crippen LogP contribution in [0.1, 0.15) is 128 Å². The lowest BCUT2D eigenvalue weighted by Gasteiger charge is -2.68. The molecule has 1 amide bonds. The van der Waals surface area contributed by atoms with Gasteiger partial charge in [0.25, 0.3) is 5.91 Å². The van der Waals surface area contributed by atoms with Gasteiger partial charge in [0, 0.05) is 37.7 Å². The van der Waals surface area contributed by atoms with Gasteiger partial charge in [-0.2, -0.15) is 0 Å². The number of esters is 4. The van der Waals surface area contributed by atoms with Crippen molar-refractivity contribution in [3.05, 3.63) is 119 Å². The summed E-state index contributed by atoms with van der Waals surface area (Å²) in [5.41, 5.74) is -7.24. The Balaban J connectivity index is 1.50. The summed E-state index contributed by atoms with van der Waals surface area (Å²) >= 11 is 0. The van der Waals surface area contributed by atoms with E-state index in [0.29, 0.717) is 29.3 Å². The molecule has 2 bridgehead atoms. The molecule has 1 heterocycles. The monoisotopic (exact) mass is 1100 g/mol. The molecule has 77 heavy (non-hydrogen) atoms. The van der Waals surface area contributed by atoms with E-state index >= 15 is 14.0 Å². The van der Waals surface area contributed by atoms with Crippen LogP contribution in [-0.4, -0.2) is 112 Å². The molecule has 3 fully saturated rings. The minimum Gasteiger partial charge on any atom is -0.456 e. The quantitative estimate of drug-likeness (QED) is 0.0560. The summed E-state index contributed by atoms with van der Waals surface area (Å²) in [6, 6.07) is 23.3. The van der Waals surface area contributed by atoms with Crippen LogP contribution in [0.15, 0.2) is 96.1 Å². The highest BCUT2D eigenvalue weighted by Crippen LogP contribution is 2.65. The van der Waals surface area contributed by atoms with E-state index in [2.05, 4.69) is 5.32 Å². The Morgan fingerprint density at radius 1 is 0.844 bits per heavy atom. The average Bonchev–Trinajstić information content (AvgIpc) is 3.57. The molecule has 7 rings (SSSR count). The first-order valence-electron chi connectivity index (χ1n) is 26.9. The molecule has 1 aliphatic heterocycles. The number of hydrogen-bond donors (Lipinski definition) is 2. The highest BCUT2D eigenvalue weighted by atomic mass is 28.4. The second-order valence-corrected chi connectivity index (χ2v) is 33.1. The smallest absolute Gasteiger partial charge is 0.341 e. The van der Waals surface area contributed by atoms with Gasteiger partial charge in [-0.3, -0.25) is 19.2 Å². The van der Waals surface area contributed by atoms with Crippen molar-refractivity contribution < 1.29 is 70.8 Å². The van der Waals surface area contributed by atoms with Gasteiger partial charge in [0.1, 0.15) is 29.7 Å². The largest absolute Gasteiger partial charge is 0.456 e. The predicted molar refractivity (Wildman–Crippen MR) is 290 cm³/mol. The molecule has 2 saturated carbocycles. The number of benzene rings is 3. The summed E-state index contributed by atoms with van der Waals surface area (Å²) in [7, 11) is -5.68. The summed E-state index contributed by atoms with van der Waals surface area (Å²) in [5, 5.41) is 17.0. The lowest BCUT2D eigenvalue weighted by molar-refractivity contribution is -0.344. The molecule has 3 aliphatic carbocycles. The van der Waals surface area contributed by atoms with E-state index in [1.165, 1.54) is 25.1 Å². The van der Waals surface area contributed by atoms with Gasteiger partial charge in [-0.15, -0.1) is 0 Å². The molecule has 3 aromatic carbocycles. The molecule has 2 N–H and O–H groups in total. The Hall–Kier alpha value is -5.38. The highest BCUT2D eigenvalue weighted by Gasteiger charge is 2.79. The minimum absolute atomic E-state index is 0.0284. The van der Waals surface area contributed by atoms with Crippen molar-refractivity contribution in [3.63, 3.8) is 0 Å². The second-order valence-electron chi connectivity index (χ2n) is 23.7. The maximum absolute atomic E-state index is 16.6. The lowest BCUT2D eigenvalue weighted by Crippen LogP contribution is -2.82. The van der Waals surface area contributed by atoms with Crippen LogP contribution in [-0.2, 0) is 51.7 Å². The van der Waals surface area contributed by atoms with E-state index in [9.17, 15) is 24.3 Å². The van der Waals surface area contributed by atoms with E-state index in [0.717, 1.165) is 13.0 Å². The average molecular weight is 1100 g/mol. The first kappa shape index (κ1) is 59.3. The van der Waals surface area contributed by atoms with Crippen LogP contribution in [0.5, 0.6) is 0 Å². The zero-order valence-electron chi connectivity index (χ0n) is 47.1. The highest BCUT2D eigenvalue weighted by molar-refractivity contribution is 6.74. The van der Waals surface area contributed by atoms with Crippen molar-refractivity contribution >= 4 is 52.2 Å². The van der Waals surface area contributed by atoms with Crippen LogP contribution in [0.25, 0.3) is 0 Å². The molecule has 0 spiro atoms. The maximum atomic E-state index is 16.6. The maximum Gasteiger partial charge on any atom is 0.341 e. The summed E-state index contributed by atoms with van der Waals surface area (Å²) < 4.78 is 62.5. The Morgan fingerprint density at radius 2 is 1.43 bits per heavy atom. The van der Waals surface area contributed by atoms with Crippen molar-refractivity contribution in [2.24, 2.45) is 16.7 Å². The van der Waals surface area contributed by atoms with E-state index < -0.39 is 146 Å². The fourth-order valence-corrected chi connectivity index (χ4v) is 16.4. The predicted octanol–water partition coefficient (Wildman–Crippen LogP) is 9.93. The number of nitrogens with one attached hydrogen (secondary N) is 1. The van der Waals surface area contributed by atoms with Crippen molar-refractivity contribution in [1.82, 2.24) is 5.32 Å². The first-order chi connectivity index (χ1) is 36.0. The number of ether oxygens (including phenoxy) is 5. The Morgan fingerprint density at radius 3 is 1.96 bits per heavy atom. The number of fused-ring (bicyclic) bond motifs is 5. The molecule has 3 aromatic rings. The molecule has 1 saturated heterocycles. The number of halogens is 1. The first-order valence-corrected chi connectivity index (χ1v) is 32.3. The number of hydrogen-bond acceptors (Lipinski definition) is 14. The van der Waals surface area contributed by atoms with E-state index in [1.54, 1.807) is 88.4 Å². The summed E-state index contributed by atoms with van der Waals surface area (Å²) in [5.74, 6) is -7.43. The van der Waals surface area contributed by atoms with Gasteiger partial charge in [-0.25, -0.2) is 14.0 Å². The van der Waals surface area contributed by atoms with Crippen molar-refractivity contribution in [2.75, 3.05) is 6.61 Å². The molecule has 0 unspecified atom stereocenters. The number of amides is 1. The third-order valence-electron chi connectivity index (χ3n) is 18.1. The Bertz CT molecular complexity index is 2750. The number of carbonyl (C=O) groups is 6. The number of ketones is 1. The fourth-order valence-electron chi connectivity index (χ4n) is 12.3. The topological polar surface area (TPSA) is 199 Å². The molecule has 0 aromatic heterocycles. The normalized spacial score (nSPS) is 28.7. The van der Waals surface area contributed by atoms with Crippen LogP contribution in [0.3, 0.4) is 0 Å². The molecular formula is C59H78FNO14Si2. The summed E-state index contributed by atoms with van der Waals surface area (Å²) in [4.78, 5) is 88.6. The van der Waals surface area contributed by atoms with Gasteiger partial charge in [0.2, 0.25) is 0 Å². The molecule has 4 aliphatic rings. The molecule has 11 atom stereocenters. The van der Waals surface area contributed by atoms with E-state index in [1.807, 2.05) is 54.6 Å². The van der Waals surface area contributed by atoms with E-state index in [-0.39, 0.29) is 24.2 Å². The fraction of sp³-hybridized carbons (Fsp3) is 0.559. The van der Waals surface area contributed by atoms with Crippen LogP contribution >= 0.6 is 0 Å². The van der Waals surface area contributed by atoms with Gasteiger partial charge in [0.05, 0.1) is 35.6 Å².